The zero-order valence-corrected chi connectivity index (χ0v) is 16.6. The number of rotatable bonds is 7. The Kier molecular flexibility index (Phi) is 5.72. The average Bonchev–Trinajstić information content (AvgIpc) is 3.00. The highest BCUT2D eigenvalue weighted by Crippen LogP contribution is 2.40. The molecule has 1 fully saturated rings. The van der Waals surface area contributed by atoms with E-state index in [0.717, 1.165) is 4.90 Å². The Bertz CT molecular complexity index is 946. The number of ether oxygens (including phenoxy) is 3. The molecule has 0 spiro atoms. The molecule has 0 radical (unpaired) electrons. The summed E-state index contributed by atoms with van der Waals surface area (Å²) in [5.41, 5.74) is 1.36. The average molecular weight is 398 g/mol. The van der Waals surface area contributed by atoms with Crippen molar-refractivity contribution < 1.29 is 28.6 Å². The SMILES string of the molecule is COc1cc(NC2CC(=O)N(c3cccc(C(C)=O)c3)C2=O)cc(OC)c1OC. The van der Waals surface area contributed by atoms with Crippen molar-refractivity contribution in [3.05, 3.63) is 42.0 Å². The number of anilines is 2. The minimum atomic E-state index is -0.758. The maximum Gasteiger partial charge on any atom is 0.256 e. The van der Waals surface area contributed by atoms with Gasteiger partial charge in [-0.1, -0.05) is 12.1 Å². The van der Waals surface area contributed by atoms with Crippen molar-refractivity contribution in [2.45, 2.75) is 19.4 Å². The molecule has 3 rings (SSSR count). The van der Waals surface area contributed by atoms with Crippen molar-refractivity contribution in [1.82, 2.24) is 0 Å². The summed E-state index contributed by atoms with van der Waals surface area (Å²) in [6, 6.07) is 9.03. The van der Waals surface area contributed by atoms with Crippen LogP contribution in [0.1, 0.15) is 23.7 Å². The monoisotopic (exact) mass is 398 g/mol. The summed E-state index contributed by atoms with van der Waals surface area (Å²) in [5.74, 6) is 0.398. The zero-order chi connectivity index (χ0) is 21.1. The number of hydrogen-bond acceptors (Lipinski definition) is 7. The Morgan fingerprint density at radius 1 is 1.03 bits per heavy atom. The second kappa shape index (κ2) is 8.22. The van der Waals surface area contributed by atoms with Crippen LogP contribution in [-0.2, 0) is 9.59 Å². The summed E-state index contributed by atoms with van der Waals surface area (Å²) in [6.45, 7) is 1.43. The second-order valence-electron chi connectivity index (χ2n) is 6.49. The maximum absolute atomic E-state index is 12.9. The molecule has 0 bridgehead atoms. The number of hydrogen-bond donors (Lipinski definition) is 1. The Balaban J connectivity index is 1.87. The van der Waals surface area contributed by atoms with Gasteiger partial charge in [-0.3, -0.25) is 14.4 Å². The first kappa shape index (κ1) is 20.2. The summed E-state index contributed by atoms with van der Waals surface area (Å²) < 4.78 is 15.9. The van der Waals surface area contributed by atoms with Crippen LogP contribution in [0, 0.1) is 0 Å². The highest BCUT2D eigenvalue weighted by molar-refractivity contribution is 6.23. The van der Waals surface area contributed by atoms with Crippen molar-refractivity contribution in [3.8, 4) is 17.2 Å². The molecular weight excluding hydrogens is 376 g/mol. The van der Waals surface area contributed by atoms with E-state index in [1.807, 2.05) is 0 Å². The molecule has 2 amide bonds. The van der Waals surface area contributed by atoms with Crippen LogP contribution < -0.4 is 24.4 Å². The van der Waals surface area contributed by atoms with E-state index in [-0.39, 0.29) is 18.1 Å². The molecule has 1 N–H and O–H groups in total. The number of carbonyl (C=O) groups excluding carboxylic acids is 3. The topological polar surface area (TPSA) is 94.2 Å². The number of nitrogens with one attached hydrogen (secondary N) is 1. The lowest BCUT2D eigenvalue weighted by molar-refractivity contribution is -0.121. The van der Waals surface area contributed by atoms with Gasteiger partial charge in [-0.15, -0.1) is 0 Å². The number of Topliss-reactive ketones (excluding diaryl/α,β-unsaturated/α-hetero) is 1. The van der Waals surface area contributed by atoms with Crippen LogP contribution in [0.3, 0.4) is 0 Å². The highest BCUT2D eigenvalue weighted by Gasteiger charge is 2.40. The molecule has 0 aromatic heterocycles. The number of carbonyl (C=O) groups is 3. The van der Waals surface area contributed by atoms with E-state index in [1.54, 1.807) is 36.4 Å². The van der Waals surface area contributed by atoms with Gasteiger partial charge in [0.2, 0.25) is 11.7 Å². The summed E-state index contributed by atoms with van der Waals surface area (Å²) in [7, 11) is 4.49. The molecule has 1 unspecified atom stereocenters. The number of benzene rings is 2. The van der Waals surface area contributed by atoms with Crippen molar-refractivity contribution in [2.24, 2.45) is 0 Å². The van der Waals surface area contributed by atoms with Crippen LogP contribution in [0.2, 0.25) is 0 Å². The van der Waals surface area contributed by atoms with Gasteiger partial charge in [0.1, 0.15) is 6.04 Å². The number of methoxy groups -OCH3 is 3. The maximum atomic E-state index is 12.9. The van der Waals surface area contributed by atoms with Gasteiger partial charge in [-0.2, -0.15) is 0 Å². The first-order valence-corrected chi connectivity index (χ1v) is 8.94. The van der Waals surface area contributed by atoms with Crippen LogP contribution in [0.5, 0.6) is 17.2 Å². The Morgan fingerprint density at radius 2 is 1.69 bits per heavy atom. The normalized spacial score (nSPS) is 16.0. The molecular formula is C21H22N2O6. The van der Waals surface area contributed by atoms with E-state index < -0.39 is 11.9 Å². The van der Waals surface area contributed by atoms with E-state index in [4.69, 9.17) is 14.2 Å². The molecule has 29 heavy (non-hydrogen) atoms. The zero-order valence-electron chi connectivity index (χ0n) is 16.6. The lowest BCUT2D eigenvalue weighted by Gasteiger charge is -2.18. The van der Waals surface area contributed by atoms with Crippen LogP contribution in [0.25, 0.3) is 0 Å². The van der Waals surface area contributed by atoms with Crippen molar-refractivity contribution >= 4 is 29.0 Å². The van der Waals surface area contributed by atoms with E-state index in [9.17, 15) is 14.4 Å². The van der Waals surface area contributed by atoms with Crippen LogP contribution in [0.4, 0.5) is 11.4 Å². The molecule has 8 nitrogen and oxygen atoms in total. The minimum absolute atomic E-state index is 0.0141. The van der Waals surface area contributed by atoms with E-state index in [2.05, 4.69) is 5.32 Å². The van der Waals surface area contributed by atoms with E-state index in [1.165, 1.54) is 28.3 Å². The first-order chi connectivity index (χ1) is 13.9. The number of nitrogens with zero attached hydrogens (tertiary/aromatic N) is 1. The molecule has 1 aliphatic rings. The fourth-order valence-corrected chi connectivity index (χ4v) is 3.25. The summed E-state index contributed by atoms with van der Waals surface area (Å²) >= 11 is 0. The first-order valence-electron chi connectivity index (χ1n) is 8.94. The Morgan fingerprint density at radius 3 is 2.24 bits per heavy atom. The van der Waals surface area contributed by atoms with E-state index in [0.29, 0.717) is 34.2 Å². The number of ketones is 1. The lowest BCUT2D eigenvalue weighted by Crippen LogP contribution is -2.34. The molecule has 1 aliphatic heterocycles. The molecule has 0 aliphatic carbocycles. The summed E-state index contributed by atoms with van der Waals surface area (Å²) in [6.07, 6.45) is -0.0141. The molecule has 1 atom stereocenters. The van der Waals surface area contributed by atoms with Crippen LogP contribution in [-0.4, -0.2) is 45.0 Å². The van der Waals surface area contributed by atoms with Crippen molar-refractivity contribution in [1.29, 1.82) is 0 Å². The Hall–Kier alpha value is -3.55. The molecule has 0 saturated carbocycles. The molecule has 1 saturated heterocycles. The number of amides is 2. The molecule has 1 heterocycles. The van der Waals surface area contributed by atoms with Crippen LogP contribution >= 0.6 is 0 Å². The van der Waals surface area contributed by atoms with Gasteiger partial charge < -0.3 is 19.5 Å². The quantitative estimate of drug-likeness (QED) is 0.566. The largest absolute Gasteiger partial charge is 0.493 e. The fraction of sp³-hybridized carbons (Fsp3) is 0.286. The third-order valence-corrected chi connectivity index (χ3v) is 4.66. The molecule has 2 aromatic rings. The van der Waals surface area contributed by atoms with Gasteiger partial charge in [0.15, 0.2) is 17.3 Å². The van der Waals surface area contributed by atoms with Gasteiger partial charge >= 0.3 is 0 Å². The van der Waals surface area contributed by atoms with Gasteiger partial charge in [0.25, 0.3) is 5.91 Å². The minimum Gasteiger partial charge on any atom is -0.493 e. The number of imide groups is 1. The highest BCUT2D eigenvalue weighted by atomic mass is 16.5. The second-order valence-corrected chi connectivity index (χ2v) is 6.49. The lowest BCUT2D eigenvalue weighted by atomic mass is 10.1. The summed E-state index contributed by atoms with van der Waals surface area (Å²) in [4.78, 5) is 38.1. The van der Waals surface area contributed by atoms with Gasteiger partial charge in [0, 0.05) is 23.4 Å². The third kappa shape index (κ3) is 3.87. The Labute approximate surface area is 168 Å². The van der Waals surface area contributed by atoms with Gasteiger partial charge in [0.05, 0.1) is 33.4 Å². The van der Waals surface area contributed by atoms with Gasteiger partial charge in [-0.05, 0) is 19.1 Å². The van der Waals surface area contributed by atoms with Gasteiger partial charge in [-0.25, -0.2) is 4.90 Å². The predicted octanol–water partition coefficient (Wildman–Crippen LogP) is 2.66. The smallest absolute Gasteiger partial charge is 0.256 e. The molecule has 152 valence electrons. The molecule has 2 aromatic carbocycles. The van der Waals surface area contributed by atoms with Crippen molar-refractivity contribution in [2.75, 3.05) is 31.5 Å². The molecule has 8 heteroatoms. The predicted molar refractivity (Wildman–Crippen MR) is 107 cm³/mol. The fourth-order valence-electron chi connectivity index (χ4n) is 3.25. The van der Waals surface area contributed by atoms with E-state index >= 15 is 0 Å². The summed E-state index contributed by atoms with van der Waals surface area (Å²) in [5, 5.41) is 3.06. The third-order valence-electron chi connectivity index (χ3n) is 4.66. The van der Waals surface area contributed by atoms with Crippen LogP contribution in [0.15, 0.2) is 36.4 Å². The van der Waals surface area contributed by atoms with Crippen molar-refractivity contribution in [3.63, 3.8) is 0 Å². The standard InChI is InChI=1S/C21H22N2O6/c1-12(24)13-6-5-7-15(8-13)23-19(25)11-16(21(23)26)22-14-9-17(27-2)20(29-4)18(10-14)28-3/h5-10,16,22H,11H2,1-4H3.